The van der Waals surface area contributed by atoms with Crippen LogP contribution in [0.25, 0.3) is 11.1 Å². The van der Waals surface area contributed by atoms with Crippen molar-refractivity contribution < 1.29 is 4.79 Å². The van der Waals surface area contributed by atoms with Gasteiger partial charge in [-0.2, -0.15) is 5.26 Å². The molecule has 4 nitrogen and oxygen atoms in total. The molecule has 4 rings (SSSR count). The summed E-state index contributed by atoms with van der Waals surface area (Å²) in [4.78, 5) is 16.1. The predicted molar refractivity (Wildman–Crippen MR) is 124 cm³/mol. The summed E-state index contributed by atoms with van der Waals surface area (Å²) >= 11 is 4.52. The van der Waals surface area contributed by atoms with Gasteiger partial charge in [-0.05, 0) is 66.8 Å². The molecule has 3 aromatic rings. The minimum atomic E-state index is -0.245. The van der Waals surface area contributed by atoms with Crippen LogP contribution in [0.2, 0.25) is 0 Å². The number of nitrogens with zero attached hydrogens (tertiary/aromatic N) is 2. The van der Waals surface area contributed by atoms with Gasteiger partial charge in [-0.1, -0.05) is 36.4 Å². The zero-order valence-electron chi connectivity index (χ0n) is 16.6. The maximum atomic E-state index is 13.1. The minimum Gasteiger partial charge on any atom is -0.359 e. The van der Waals surface area contributed by atoms with Gasteiger partial charge in [0.25, 0.3) is 0 Å². The lowest BCUT2D eigenvalue weighted by molar-refractivity contribution is -0.117. The molecular weight excluding hydrogens is 390 g/mol. The fourth-order valence-corrected chi connectivity index (χ4v) is 4.23. The van der Waals surface area contributed by atoms with Gasteiger partial charge in [-0.3, -0.25) is 4.79 Å². The molecule has 1 atom stereocenters. The van der Waals surface area contributed by atoms with Crippen molar-refractivity contribution in [2.75, 3.05) is 16.8 Å². The van der Waals surface area contributed by atoms with E-state index in [4.69, 9.17) is 0 Å². The van der Waals surface area contributed by atoms with Gasteiger partial charge in [0.05, 0.1) is 11.6 Å². The van der Waals surface area contributed by atoms with E-state index in [0.29, 0.717) is 5.56 Å². The summed E-state index contributed by atoms with van der Waals surface area (Å²) in [5.41, 5.74) is 4.43. The van der Waals surface area contributed by atoms with Crippen molar-refractivity contribution in [3.05, 3.63) is 78.4 Å². The van der Waals surface area contributed by atoms with E-state index in [1.807, 2.05) is 66.7 Å². The van der Waals surface area contributed by atoms with Crippen LogP contribution >= 0.6 is 12.6 Å². The van der Waals surface area contributed by atoms with Gasteiger partial charge >= 0.3 is 0 Å². The average Bonchev–Trinajstić information content (AvgIpc) is 2.80. The number of hydrogen-bond donors (Lipinski definition) is 2. The summed E-state index contributed by atoms with van der Waals surface area (Å²) in [7, 11) is 0. The molecule has 1 fully saturated rings. The van der Waals surface area contributed by atoms with E-state index in [9.17, 15) is 10.1 Å². The number of nitriles is 1. The Balaban J connectivity index is 1.50. The molecule has 1 unspecified atom stereocenters. The normalized spacial score (nSPS) is 16.0. The highest BCUT2D eigenvalue weighted by Gasteiger charge is 2.29. The molecule has 0 bridgehead atoms. The van der Waals surface area contributed by atoms with Crippen LogP contribution in [0.15, 0.2) is 77.7 Å². The fraction of sp³-hybridized carbons (Fsp3) is 0.200. The van der Waals surface area contributed by atoms with E-state index in [1.54, 1.807) is 6.07 Å². The average molecular weight is 414 g/mol. The molecule has 5 heteroatoms. The molecule has 1 amide bonds. The third-order valence-electron chi connectivity index (χ3n) is 5.48. The Labute approximate surface area is 182 Å². The predicted octanol–water partition coefficient (Wildman–Crippen LogP) is 5.51. The number of thiol groups is 1. The number of carbonyl (C=O) groups is 1. The molecule has 1 aliphatic heterocycles. The van der Waals surface area contributed by atoms with Gasteiger partial charge in [0.1, 0.15) is 6.04 Å². The van der Waals surface area contributed by atoms with E-state index in [0.717, 1.165) is 53.2 Å². The zero-order chi connectivity index (χ0) is 20.9. The summed E-state index contributed by atoms with van der Waals surface area (Å²) < 4.78 is 0. The van der Waals surface area contributed by atoms with Gasteiger partial charge in [0.15, 0.2) is 0 Å². The lowest BCUT2D eigenvalue weighted by Gasteiger charge is -2.36. The van der Waals surface area contributed by atoms with Crippen molar-refractivity contribution in [2.45, 2.75) is 30.2 Å². The molecule has 0 saturated carbocycles. The lowest BCUT2D eigenvalue weighted by Crippen LogP contribution is -2.47. The molecule has 1 aliphatic rings. The zero-order valence-corrected chi connectivity index (χ0v) is 17.5. The molecule has 0 radical (unpaired) electrons. The largest absolute Gasteiger partial charge is 0.359 e. The molecule has 0 aliphatic carbocycles. The Morgan fingerprint density at radius 2 is 1.83 bits per heavy atom. The highest BCUT2D eigenvalue weighted by Crippen LogP contribution is 2.29. The van der Waals surface area contributed by atoms with E-state index in [-0.39, 0.29) is 11.9 Å². The van der Waals surface area contributed by atoms with Crippen LogP contribution in [-0.2, 0) is 4.79 Å². The Morgan fingerprint density at radius 3 is 2.60 bits per heavy atom. The lowest BCUT2D eigenvalue weighted by atomic mass is 9.99. The van der Waals surface area contributed by atoms with Crippen LogP contribution in [0.3, 0.4) is 0 Å². The van der Waals surface area contributed by atoms with Gasteiger partial charge < -0.3 is 10.2 Å². The number of nitrogens with one attached hydrogen (secondary N) is 1. The highest BCUT2D eigenvalue weighted by molar-refractivity contribution is 7.80. The first kappa shape index (κ1) is 20.1. The van der Waals surface area contributed by atoms with Gasteiger partial charge in [-0.25, -0.2) is 0 Å². The van der Waals surface area contributed by atoms with Crippen LogP contribution in [0.4, 0.5) is 11.4 Å². The first-order valence-electron chi connectivity index (χ1n) is 10.1. The molecule has 30 heavy (non-hydrogen) atoms. The van der Waals surface area contributed by atoms with E-state index < -0.39 is 0 Å². The third-order valence-corrected chi connectivity index (χ3v) is 5.87. The van der Waals surface area contributed by atoms with Crippen LogP contribution in [0.1, 0.15) is 24.8 Å². The number of anilines is 2. The monoisotopic (exact) mass is 413 g/mol. The summed E-state index contributed by atoms with van der Waals surface area (Å²) in [6, 6.07) is 25.2. The van der Waals surface area contributed by atoms with Crippen LogP contribution in [-0.4, -0.2) is 18.5 Å². The Bertz CT molecular complexity index is 1090. The number of carbonyl (C=O) groups excluding carboxylic acids is 1. The molecule has 0 spiro atoms. The first-order chi connectivity index (χ1) is 14.7. The van der Waals surface area contributed by atoms with Crippen molar-refractivity contribution in [1.82, 2.24) is 0 Å². The molecule has 3 aromatic carbocycles. The van der Waals surface area contributed by atoms with E-state index >= 15 is 0 Å². The molecule has 0 aromatic heterocycles. The topological polar surface area (TPSA) is 56.1 Å². The van der Waals surface area contributed by atoms with Crippen LogP contribution in [0.5, 0.6) is 0 Å². The second kappa shape index (κ2) is 9.06. The SMILES string of the molecule is N#Cc1cccc(N2CCCCC2C(=O)Nc2ccc(-c3ccccc3S)cc2)c1. The van der Waals surface area contributed by atoms with Crippen molar-refractivity contribution in [1.29, 1.82) is 5.26 Å². The Hall–Kier alpha value is -3.23. The molecule has 150 valence electrons. The highest BCUT2D eigenvalue weighted by atomic mass is 32.1. The summed E-state index contributed by atoms with van der Waals surface area (Å²) in [6.45, 7) is 0.810. The first-order valence-corrected chi connectivity index (χ1v) is 10.6. The number of benzene rings is 3. The maximum absolute atomic E-state index is 13.1. The number of piperidine rings is 1. The maximum Gasteiger partial charge on any atom is 0.247 e. The molecular formula is C25H23N3OS. The van der Waals surface area contributed by atoms with E-state index in [1.165, 1.54) is 0 Å². The van der Waals surface area contributed by atoms with Crippen LogP contribution in [0, 0.1) is 11.3 Å². The molecule has 1 saturated heterocycles. The second-order valence-electron chi connectivity index (χ2n) is 7.45. The van der Waals surface area contributed by atoms with E-state index in [2.05, 4.69) is 28.9 Å². The fourth-order valence-electron chi connectivity index (χ4n) is 3.94. The summed E-state index contributed by atoms with van der Waals surface area (Å²) in [6.07, 6.45) is 2.86. The van der Waals surface area contributed by atoms with Gasteiger partial charge in [0.2, 0.25) is 5.91 Å². The second-order valence-corrected chi connectivity index (χ2v) is 7.93. The third kappa shape index (κ3) is 4.34. The minimum absolute atomic E-state index is 0.0144. The Morgan fingerprint density at radius 1 is 1.03 bits per heavy atom. The van der Waals surface area contributed by atoms with Crippen molar-refractivity contribution in [3.63, 3.8) is 0 Å². The number of hydrogen-bond acceptors (Lipinski definition) is 4. The van der Waals surface area contributed by atoms with Crippen molar-refractivity contribution in [3.8, 4) is 17.2 Å². The number of amides is 1. The summed E-state index contributed by atoms with van der Waals surface area (Å²) in [5, 5.41) is 12.3. The Kier molecular flexibility index (Phi) is 6.06. The van der Waals surface area contributed by atoms with Gasteiger partial charge in [0, 0.05) is 22.8 Å². The van der Waals surface area contributed by atoms with Crippen LogP contribution < -0.4 is 10.2 Å². The molecule has 1 N–H and O–H groups in total. The van der Waals surface area contributed by atoms with Gasteiger partial charge in [-0.15, -0.1) is 12.6 Å². The van der Waals surface area contributed by atoms with Crippen molar-refractivity contribution >= 4 is 29.9 Å². The smallest absolute Gasteiger partial charge is 0.247 e. The standard InChI is InChI=1S/C25H23N3OS/c26-17-18-6-5-7-21(16-18)28-15-4-3-9-23(28)25(29)27-20-13-11-19(12-14-20)22-8-1-2-10-24(22)30/h1-2,5-8,10-14,16,23,30H,3-4,9,15H2,(H,27,29). The molecule has 1 heterocycles. The quantitative estimate of drug-likeness (QED) is 0.555. The number of rotatable bonds is 4. The van der Waals surface area contributed by atoms with Crippen molar-refractivity contribution in [2.24, 2.45) is 0 Å². The summed E-state index contributed by atoms with van der Waals surface area (Å²) in [5.74, 6) is -0.0144.